The summed E-state index contributed by atoms with van der Waals surface area (Å²) in [6.07, 6.45) is 6.74. The number of nitrogens with one attached hydrogen (secondary N) is 2. The van der Waals surface area contributed by atoms with Gasteiger partial charge in [0.1, 0.15) is 0 Å². The van der Waals surface area contributed by atoms with E-state index in [4.69, 9.17) is 4.74 Å². The molecule has 0 spiro atoms. The molecule has 2 aliphatic rings. The van der Waals surface area contributed by atoms with Crippen LogP contribution in [0.15, 0.2) is 4.99 Å². The molecule has 2 aliphatic carbocycles. The Kier molecular flexibility index (Phi) is 4.87. The van der Waals surface area contributed by atoms with E-state index in [1.807, 2.05) is 14.0 Å². The van der Waals surface area contributed by atoms with Crippen molar-refractivity contribution in [1.29, 1.82) is 0 Å². The predicted molar refractivity (Wildman–Crippen MR) is 74.9 cm³/mol. The summed E-state index contributed by atoms with van der Waals surface area (Å²) < 4.78 is 5.31. The van der Waals surface area contributed by atoms with Gasteiger partial charge in [0.15, 0.2) is 5.96 Å². The van der Waals surface area contributed by atoms with E-state index in [1.165, 1.54) is 25.7 Å². The molecule has 0 aromatic rings. The van der Waals surface area contributed by atoms with E-state index in [0.29, 0.717) is 5.41 Å². The SMILES string of the molecule is CCOCCCNC(=NC)NCC1(C2CC2)CC1. The number of nitrogens with zero attached hydrogens (tertiary/aromatic N) is 1. The molecule has 18 heavy (non-hydrogen) atoms. The van der Waals surface area contributed by atoms with Crippen molar-refractivity contribution in [2.24, 2.45) is 16.3 Å². The van der Waals surface area contributed by atoms with Crippen LogP contribution < -0.4 is 10.6 Å². The Morgan fingerprint density at radius 3 is 2.67 bits per heavy atom. The summed E-state index contributed by atoms with van der Waals surface area (Å²) in [6, 6.07) is 0. The zero-order valence-corrected chi connectivity index (χ0v) is 11.8. The lowest BCUT2D eigenvalue weighted by atomic mass is 10.0. The first-order chi connectivity index (χ1) is 8.80. The van der Waals surface area contributed by atoms with Crippen LogP contribution in [0, 0.1) is 11.3 Å². The molecule has 0 aromatic carbocycles. The van der Waals surface area contributed by atoms with E-state index in [1.54, 1.807) is 0 Å². The third-order valence-corrected chi connectivity index (χ3v) is 4.13. The second-order valence-corrected chi connectivity index (χ2v) is 5.54. The Bertz CT molecular complexity index is 283. The molecule has 4 heteroatoms. The lowest BCUT2D eigenvalue weighted by molar-refractivity contribution is 0.145. The van der Waals surface area contributed by atoms with Crippen molar-refractivity contribution in [2.45, 2.75) is 39.0 Å². The van der Waals surface area contributed by atoms with Gasteiger partial charge in [0, 0.05) is 33.4 Å². The molecule has 104 valence electrons. The molecule has 2 N–H and O–H groups in total. The van der Waals surface area contributed by atoms with Gasteiger partial charge in [-0.25, -0.2) is 0 Å². The smallest absolute Gasteiger partial charge is 0.190 e. The molecular formula is C14H27N3O. The third kappa shape index (κ3) is 3.87. The number of hydrogen-bond acceptors (Lipinski definition) is 2. The summed E-state index contributed by atoms with van der Waals surface area (Å²) in [5.41, 5.74) is 0.628. The van der Waals surface area contributed by atoms with Crippen LogP contribution in [0.1, 0.15) is 39.0 Å². The van der Waals surface area contributed by atoms with Gasteiger partial charge in [-0.1, -0.05) is 0 Å². The first-order valence-corrected chi connectivity index (χ1v) is 7.33. The van der Waals surface area contributed by atoms with Crippen molar-refractivity contribution >= 4 is 5.96 Å². The highest BCUT2D eigenvalue weighted by Gasteiger charge is 2.53. The molecule has 0 aliphatic heterocycles. The minimum Gasteiger partial charge on any atom is -0.382 e. The first-order valence-electron chi connectivity index (χ1n) is 7.33. The van der Waals surface area contributed by atoms with E-state index in [-0.39, 0.29) is 0 Å². The van der Waals surface area contributed by atoms with Gasteiger partial charge in [-0.05, 0) is 50.4 Å². The molecule has 4 nitrogen and oxygen atoms in total. The molecule has 0 saturated heterocycles. The Labute approximate surface area is 111 Å². The van der Waals surface area contributed by atoms with Crippen LogP contribution in [0.25, 0.3) is 0 Å². The van der Waals surface area contributed by atoms with Crippen LogP contribution >= 0.6 is 0 Å². The van der Waals surface area contributed by atoms with Crippen LogP contribution in [0.2, 0.25) is 0 Å². The van der Waals surface area contributed by atoms with E-state index in [0.717, 1.165) is 44.6 Å². The molecule has 2 saturated carbocycles. The highest BCUT2D eigenvalue weighted by atomic mass is 16.5. The quantitative estimate of drug-likeness (QED) is 0.394. The average molecular weight is 253 g/mol. The van der Waals surface area contributed by atoms with Crippen LogP contribution in [0.4, 0.5) is 0 Å². The first kappa shape index (κ1) is 13.7. The molecule has 2 fully saturated rings. The molecule has 0 amide bonds. The average Bonchev–Trinajstić information content (AvgIpc) is 3.25. The third-order valence-electron chi connectivity index (χ3n) is 4.13. The minimum atomic E-state index is 0.628. The minimum absolute atomic E-state index is 0.628. The Hall–Kier alpha value is -0.770. The molecule has 0 radical (unpaired) electrons. The molecule has 0 bridgehead atoms. The van der Waals surface area contributed by atoms with Gasteiger partial charge in [-0.2, -0.15) is 0 Å². The van der Waals surface area contributed by atoms with Crippen molar-refractivity contribution < 1.29 is 4.74 Å². The van der Waals surface area contributed by atoms with E-state index >= 15 is 0 Å². The topological polar surface area (TPSA) is 45.6 Å². The van der Waals surface area contributed by atoms with Crippen LogP contribution in [0.5, 0.6) is 0 Å². The lowest BCUT2D eigenvalue weighted by Gasteiger charge is -2.18. The van der Waals surface area contributed by atoms with Gasteiger partial charge in [-0.15, -0.1) is 0 Å². The summed E-state index contributed by atoms with van der Waals surface area (Å²) >= 11 is 0. The molecule has 0 atom stereocenters. The van der Waals surface area contributed by atoms with Crippen molar-refractivity contribution in [3.05, 3.63) is 0 Å². The summed E-state index contributed by atoms with van der Waals surface area (Å²) in [4.78, 5) is 4.27. The summed E-state index contributed by atoms with van der Waals surface area (Å²) in [7, 11) is 1.84. The Morgan fingerprint density at radius 1 is 1.33 bits per heavy atom. The van der Waals surface area contributed by atoms with Crippen LogP contribution in [0.3, 0.4) is 0 Å². The van der Waals surface area contributed by atoms with Gasteiger partial charge >= 0.3 is 0 Å². The van der Waals surface area contributed by atoms with Crippen molar-refractivity contribution in [2.75, 3.05) is 33.4 Å². The zero-order chi connectivity index (χ0) is 12.8. The second-order valence-electron chi connectivity index (χ2n) is 5.54. The maximum atomic E-state index is 5.31. The number of ether oxygens (including phenoxy) is 1. The van der Waals surface area contributed by atoms with Gasteiger partial charge in [0.2, 0.25) is 0 Å². The summed E-state index contributed by atoms with van der Waals surface area (Å²) in [6.45, 7) is 5.68. The predicted octanol–water partition coefficient (Wildman–Crippen LogP) is 1.77. The lowest BCUT2D eigenvalue weighted by Crippen LogP contribution is -2.41. The monoisotopic (exact) mass is 253 g/mol. The van der Waals surface area contributed by atoms with Crippen molar-refractivity contribution in [3.8, 4) is 0 Å². The van der Waals surface area contributed by atoms with Crippen molar-refractivity contribution in [3.63, 3.8) is 0 Å². The van der Waals surface area contributed by atoms with E-state index in [2.05, 4.69) is 15.6 Å². The van der Waals surface area contributed by atoms with Gasteiger partial charge in [-0.3, -0.25) is 4.99 Å². The molecule has 0 aromatic heterocycles. The second kappa shape index (κ2) is 6.41. The molecule has 0 heterocycles. The normalized spacial score (nSPS) is 21.8. The fourth-order valence-corrected chi connectivity index (χ4v) is 2.59. The van der Waals surface area contributed by atoms with E-state index in [9.17, 15) is 0 Å². The van der Waals surface area contributed by atoms with Crippen LogP contribution in [-0.2, 0) is 4.74 Å². The maximum Gasteiger partial charge on any atom is 0.190 e. The number of hydrogen-bond donors (Lipinski definition) is 2. The largest absolute Gasteiger partial charge is 0.382 e. The zero-order valence-electron chi connectivity index (χ0n) is 11.8. The standard InChI is InChI=1S/C14H27N3O/c1-3-18-10-4-9-16-13(15-2)17-11-14(7-8-14)12-5-6-12/h12H,3-11H2,1-2H3,(H2,15,16,17). The molecule has 2 rings (SSSR count). The molecule has 0 unspecified atom stereocenters. The highest BCUT2D eigenvalue weighted by molar-refractivity contribution is 5.79. The number of guanidine groups is 1. The van der Waals surface area contributed by atoms with Crippen molar-refractivity contribution in [1.82, 2.24) is 10.6 Å². The fourth-order valence-electron chi connectivity index (χ4n) is 2.59. The van der Waals surface area contributed by atoms with Gasteiger partial charge in [0.25, 0.3) is 0 Å². The Morgan fingerprint density at radius 2 is 2.11 bits per heavy atom. The summed E-state index contributed by atoms with van der Waals surface area (Å²) in [5, 5.41) is 6.83. The molecular weight excluding hydrogens is 226 g/mol. The fraction of sp³-hybridized carbons (Fsp3) is 0.929. The maximum absolute atomic E-state index is 5.31. The van der Waals surface area contributed by atoms with Gasteiger partial charge in [0.05, 0.1) is 0 Å². The summed E-state index contributed by atoms with van der Waals surface area (Å²) in [5.74, 6) is 1.94. The van der Waals surface area contributed by atoms with Crippen LogP contribution in [-0.4, -0.2) is 39.3 Å². The highest BCUT2D eigenvalue weighted by Crippen LogP contribution is 2.60. The number of aliphatic imine (C=N–C) groups is 1. The van der Waals surface area contributed by atoms with Gasteiger partial charge < -0.3 is 15.4 Å². The van der Waals surface area contributed by atoms with E-state index < -0.39 is 0 Å². The Balaban J connectivity index is 1.58. The number of rotatable bonds is 8.